The predicted octanol–water partition coefficient (Wildman–Crippen LogP) is 1.71. The van der Waals surface area contributed by atoms with Gasteiger partial charge in [-0.2, -0.15) is 0 Å². The highest BCUT2D eigenvalue weighted by molar-refractivity contribution is 5.87. The maximum Gasteiger partial charge on any atom is 0.331 e. The number of carbonyl (C=O) groups excluding carboxylic acids is 1. The molecule has 1 aromatic carbocycles. The molecule has 0 aliphatic heterocycles. The fourth-order valence-electron chi connectivity index (χ4n) is 1.16. The summed E-state index contributed by atoms with van der Waals surface area (Å²) in [7, 11) is 0. The molecule has 0 aromatic heterocycles. The van der Waals surface area contributed by atoms with E-state index in [9.17, 15) is 20.0 Å². The van der Waals surface area contributed by atoms with E-state index >= 15 is 0 Å². The first kappa shape index (κ1) is 15.5. The highest BCUT2D eigenvalue weighted by Crippen LogP contribution is 2.25. The zero-order valence-electron chi connectivity index (χ0n) is 11.1. The Kier molecular flexibility index (Phi) is 4.68. The van der Waals surface area contributed by atoms with Crippen LogP contribution in [0.3, 0.4) is 0 Å². The second-order valence-corrected chi connectivity index (χ2v) is 4.76. The molecule has 0 atom stereocenters. The van der Waals surface area contributed by atoms with Crippen LogP contribution in [0.4, 0.5) is 0 Å². The summed E-state index contributed by atoms with van der Waals surface area (Å²) in [5, 5.41) is 29.0. The molecule has 0 heterocycles. The maximum absolute atomic E-state index is 11.4. The summed E-state index contributed by atoms with van der Waals surface area (Å²) >= 11 is 0. The minimum Gasteiger partial charge on any atom is -0.504 e. The molecule has 108 valence electrons. The quantitative estimate of drug-likeness (QED) is 0.279. The van der Waals surface area contributed by atoms with E-state index in [1.54, 1.807) is 0 Å². The zero-order chi connectivity index (χ0) is 15.3. The number of phenolic OH excluding ortho intramolecular Hbond substituents is 2. The number of nitrogens with zero attached hydrogens (tertiary/aromatic N) is 1. The van der Waals surface area contributed by atoms with E-state index in [2.05, 4.69) is 0 Å². The Morgan fingerprint density at radius 2 is 2.05 bits per heavy atom. The summed E-state index contributed by atoms with van der Waals surface area (Å²) in [5.41, 5.74) is -0.869. The molecule has 0 unspecified atom stereocenters. The van der Waals surface area contributed by atoms with Crippen LogP contribution >= 0.6 is 0 Å². The van der Waals surface area contributed by atoms with E-state index in [1.807, 2.05) is 0 Å². The van der Waals surface area contributed by atoms with Crippen molar-refractivity contribution in [2.24, 2.45) is 0 Å². The average molecular weight is 281 g/mol. The van der Waals surface area contributed by atoms with E-state index in [-0.39, 0.29) is 18.1 Å². The van der Waals surface area contributed by atoms with Crippen LogP contribution in [-0.2, 0) is 9.53 Å². The van der Waals surface area contributed by atoms with Gasteiger partial charge >= 0.3 is 5.97 Å². The van der Waals surface area contributed by atoms with Crippen molar-refractivity contribution in [3.05, 3.63) is 40.0 Å². The molecule has 0 radical (unpaired) electrons. The Balaban J connectivity index is 2.60. The van der Waals surface area contributed by atoms with Crippen LogP contribution in [0.1, 0.15) is 19.4 Å². The van der Waals surface area contributed by atoms with Crippen molar-refractivity contribution < 1.29 is 24.7 Å². The van der Waals surface area contributed by atoms with Gasteiger partial charge in [-0.3, -0.25) is 10.1 Å². The molecule has 0 fully saturated rings. The van der Waals surface area contributed by atoms with Gasteiger partial charge in [-0.1, -0.05) is 6.07 Å². The first-order chi connectivity index (χ1) is 9.22. The van der Waals surface area contributed by atoms with Gasteiger partial charge in [0.15, 0.2) is 18.1 Å². The molecular weight excluding hydrogens is 266 g/mol. The molecule has 7 nitrogen and oxygen atoms in total. The smallest absolute Gasteiger partial charge is 0.331 e. The molecule has 1 rings (SSSR count). The van der Waals surface area contributed by atoms with Gasteiger partial charge in [0, 0.05) is 24.8 Å². The Morgan fingerprint density at radius 1 is 1.40 bits per heavy atom. The number of phenols is 2. The molecule has 0 saturated carbocycles. The molecule has 7 heteroatoms. The summed E-state index contributed by atoms with van der Waals surface area (Å²) in [6.45, 7) is 2.36. The normalized spacial score (nSPS) is 11.5. The topological polar surface area (TPSA) is 110 Å². The fourth-order valence-corrected chi connectivity index (χ4v) is 1.16. The molecule has 0 bridgehead atoms. The lowest BCUT2D eigenvalue weighted by atomic mass is 10.1. The molecule has 2 N–H and O–H groups in total. The summed E-state index contributed by atoms with van der Waals surface area (Å²) in [6, 6.07) is 4.02. The van der Waals surface area contributed by atoms with E-state index in [0.29, 0.717) is 5.56 Å². The van der Waals surface area contributed by atoms with Gasteiger partial charge in [-0.15, -0.1) is 0 Å². The second kappa shape index (κ2) is 6.05. The van der Waals surface area contributed by atoms with Crippen LogP contribution in [0.5, 0.6) is 11.5 Å². The summed E-state index contributed by atoms with van der Waals surface area (Å²) in [6.07, 6.45) is 2.45. The Morgan fingerprint density at radius 3 is 2.60 bits per heavy atom. The van der Waals surface area contributed by atoms with E-state index in [1.165, 1.54) is 38.1 Å². The number of hydrogen-bond donors (Lipinski definition) is 2. The van der Waals surface area contributed by atoms with Gasteiger partial charge < -0.3 is 14.9 Å². The van der Waals surface area contributed by atoms with Crippen molar-refractivity contribution in [1.82, 2.24) is 0 Å². The van der Waals surface area contributed by atoms with E-state index in [0.717, 1.165) is 6.08 Å². The van der Waals surface area contributed by atoms with Crippen molar-refractivity contribution in [2.75, 3.05) is 6.61 Å². The number of esters is 1. The van der Waals surface area contributed by atoms with Crippen molar-refractivity contribution >= 4 is 12.0 Å². The summed E-state index contributed by atoms with van der Waals surface area (Å²) < 4.78 is 4.76. The van der Waals surface area contributed by atoms with E-state index < -0.39 is 16.4 Å². The van der Waals surface area contributed by atoms with Gasteiger partial charge in [0.05, 0.1) is 0 Å². The molecule has 20 heavy (non-hydrogen) atoms. The third-order valence-corrected chi connectivity index (χ3v) is 2.47. The van der Waals surface area contributed by atoms with E-state index in [4.69, 9.17) is 9.84 Å². The van der Waals surface area contributed by atoms with Crippen molar-refractivity contribution in [3.63, 3.8) is 0 Å². The number of aromatic hydroxyl groups is 2. The number of hydrogen-bond acceptors (Lipinski definition) is 6. The largest absolute Gasteiger partial charge is 0.504 e. The monoisotopic (exact) mass is 281 g/mol. The van der Waals surface area contributed by atoms with Gasteiger partial charge in [0.1, 0.15) is 0 Å². The predicted molar refractivity (Wildman–Crippen MR) is 70.8 cm³/mol. The van der Waals surface area contributed by atoms with Crippen molar-refractivity contribution in [3.8, 4) is 11.5 Å². The van der Waals surface area contributed by atoms with Crippen LogP contribution in [0.15, 0.2) is 24.3 Å². The van der Waals surface area contributed by atoms with Gasteiger partial charge in [0.2, 0.25) is 5.54 Å². The molecule has 0 aliphatic carbocycles. The molecular formula is C13H15NO6. The maximum atomic E-state index is 11.4. The van der Waals surface area contributed by atoms with Crippen LogP contribution in [0.2, 0.25) is 0 Å². The minimum absolute atomic E-state index is 0.266. The minimum atomic E-state index is -1.35. The fraction of sp³-hybridized carbons (Fsp3) is 0.308. The van der Waals surface area contributed by atoms with Crippen LogP contribution in [-0.4, -0.2) is 33.3 Å². The first-order valence-electron chi connectivity index (χ1n) is 5.74. The lowest BCUT2D eigenvalue weighted by Crippen LogP contribution is -2.36. The van der Waals surface area contributed by atoms with Crippen LogP contribution in [0, 0.1) is 10.1 Å². The third-order valence-electron chi connectivity index (χ3n) is 2.47. The number of nitro groups is 1. The third kappa shape index (κ3) is 4.27. The Hall–Kier alpha value is -2.57. The SMILES string of the molecule is CC(C)(COC(=O)/C=C/c1ccc(O)c(O)c1)[N+](=O)[O-]. The molecule has 0 aliphatic rings. The van der Waals surface area contributed by atoms with Gasteiger partial charge in [0.25, 0.3) is 0 Å². The van der Waals surface area contributed by atoms with Crippen LogP contribution in [0.25, 0.3) is 6.08 Å². The van der Waals surface area contributed by atoms with Crippen molar-refractivity contribution in [2.45, 2.75) is 19.4 Å². The molecule has 1 aromatic rings. The molecule has 0 amide bonds. The summed E-state index contributed by atoms with van der Waals surface area (Å²) in [5.74, 6) is -1.31. The standard InChI is InChI=1S/C13H15NO6/c1-13(2,14(18)19)8-20-12(17)6-4-9-3-5-10(15)11(16)7-9/h3-7,15-16H,8H2,1-2H3/b6-4+. The number of rotatable bonds is 5. The second-order valence-electron chi connectivity index (χ2n) is 4.76. The number of benzene rings is 1. The van der Waals surface area contributed by atoms with Gasteiger partial charge in [-0.05, 0) is 23.8 Å². The molecule has 0 saturated heterocycles. The van der Waals surface area contributed by atoms with Crippen LogP contribution < -0.4 is 0 Å². The molecule has 0 spiro atoms. The number of carbonyl (C=O) groups is 1. The van der Waals surface area contributed by atoms with Crippen molar-refractivity contribution in [1.29, 1.82) is 0 Å². The average Bonchev–Trinajstić information content (AvgIpc) is 2.37. The Bertz CT molecular complexity index is 550. The lowest BCUT2D eigenvalue weighted by Gasteiger charge is -2.14. The summed E-state index contributed by atoms with van der Waals surface area (Å²) in [4.78, 5) is 21.5. The van der Waals surface area contributed by atoms with Gasteiger partial charge in [-0.25, -0.2) is 4.79 Å². The highest BCUT2D eigenvalue weighted by atomic mass is 16.6. The first-order valence-corrected chi connectivity index (χ1v) is 5.74. The lowest BCUT2D eigenvalue weighted by molar-refractivity contribution is -0.563. The number of ether oxygens (including phenoxy) is 1. The highest BCUT2D eigenvalue weighted by Gasteiger charge is 2.32. The zero-order valence-corrected chi connectivity index (χ0v) is 11.1. The Labute approximate surface area is 115 Å².